The number of carbonyl (C=O) groups excluding carboxylic acids is 1. The van der Waals surface area contributed by atoms with Crippen LogP contribution in [-0.4, -0.2) is 19.1 Å². The summed E-state index contributed by atoms with van der Waals surface area (Å²) >= 11 is 0. The Morgan fingerprint density at radius 1 is 1.32 bits per heavy atom. The Morgan fingerprint density at radius 2 is 2.05 bits per heavy atom. The molecule has 19 heavy (non-hydrogen) atoms. The predicted octanol–water partition coefficient (Wildman–Crippen LogP) is 3.31. The lowest BCUT2D eigenvalue weighted by molar-refractivity contribution is 0.0910. The zero-order valence-corrected chi connectivity index (χ0v) is 12.0. The zero-order chi connectivity index (χ0) is 13.8. The number of rotatable bonds is 3. The zero-order valence-electron chi connectivity index (χ0n) is 12.0. The molecule has 0 heterocycles. The van der Waals surface area contributed by atoms with Crippen molar-refractivity contribution in [2.45, 2.75) is 45.6 Å². The Bertz CT molecular complexity index is 456. The van der Waals surface area contributed by atoms with Gasteiger partial charge in [-0.15, -0.1) is 0 Å². The average Bonchev–Trinajstić information content (AvgIpc) is 2.42. The number of amides is 1. The predicted molar refractivity (Wildman–Crippen MR) is 76.6 cm³/mol. The molecule has 1 aliphatic rings. The molecular formula is C16H23NO2. The van der Waals surface area contributed by atoms with Crippen molar-refractivity contribution in [2.24, 2.45) is 5.92 Å². The number of aryl methyl sites for hydroxylation is 1. The molecule has 0 unspecified atom stereocenters. The lowest BCUT2D eigenvalue weighted by Crippen LogP contribution is -2.41. The molecule has 1 aromatic carbocycles. The van der Waals surface area contributed by atoms with E-state index in [1.807, 2.05) is 25.1 Å². The molecule has 0 spiro atoms. The fraction of sp³-hybridized carbons (Fsp3) is 0.562. The van der Waals surface area contributed by atoms with Crippen LogP contribution in [0, 0.1) is 12.8 Å². The van der Waals surface area contributed by atoms with Gasteiger partial charge in [0.1, 0.15) is 5.75 Å². The molecule has 0 bridgehead atoms. The van der Waals surface area contributed by atoms with Gasteiger partial charge in [-0.25, -0.2) is 0 Å². The molecule has 1 amide bonds. The smallest absolute Gasteiger partial charge is 0.251 e. The number of nitrogens with one attached hydrogen (secondary N) is 1. The Hall–Kier alpha value is -1.51. The van der Waals surface area contributed by atoms with Crippen LogP contribution in [0.1, 0.15) is 48.5 Å². The van der Waals surface area contributed by atoms with E-state index in [0.717, 1.165) is 17.7 Å². The summed E-state index contributed by atoms with van der Waals surface area (Å²) < 4.78 is 5.27. The van der Waals surface area contributed by atoms with Gasteiger partial charge in [-0.3, -0.25) is 4.79 Å². The molecule has 0 aromatic heterocycles. The first kappa shape index (κ1) is 13.9. The molecule has 0 radical (unpaired) electrons. The molecule has 2 rings (SSSR count). The van der Waals surface area contributed by atoms with Crippen LogP contribution in [-0.2, 0) is 0 Å². The lowest BCUT2D eigenvalue weighted by atomic mass is 9.86. The van der Waals surface area contributed by atoms with Crippen molar-refractivity contribution in [2.75, 3.05) is 7.11 Å². The van der Waals surface area contributed by atoms with E-state index in [-0.39, 0.29) is 5.91 Å². The largest absolute Gasteiger partial charge is 0.496 e. The summed E-state index contributed by atoms with van der Waals surface area (Å²) in [4.78, 5) is 12.3. The molecule has 1 saturated carbocycles. The van der Waals surface area contributed by atoms with E-state index in [1.54, 1.807) is 7.11 Å². The minimum absolute atomic E-state index is 0.0112. The van der Waals surface area contributed by atoms with Crippen LogP contribution in [0.15, 0.2) is 18.2 Å². The van der Waals surface area contributed by atoms with E-state index in [0.29, 0.717) is 17.5 Å². The summed E-state index contributed by atoms with van der Waals surface area (Å²) in [6, 6.07) is 5.92. The van der Waals surface area contributed by atoms with E-state index in [2.05, 4.69) is 12.2 Å². The molecule has 3 heteroatoms. The number of benzene rings is 1. The van der Waals surface area contributed by atoms with Crippen LogP contribution in [0.3, 0.4) is 0 Å². The van der Waals surface area contributed by atoms with E-state index in [4.69, 9.17) is 4.74 Å². The third-order valence-electron chi connectivity index (χ3n) is 4.10. The van der Waals surface area contributed by atoms with Crippen molar-refractivity contribution in [3.8, 4) is 5.75 Å². The first-order chi connectivity index (χ1) is 9.11. The Balaban J connectivity index is 2.07. The third kappa shape index (κ3) is 3.28. The van der Waals surface area contributed by atoms with Gasteiger partial charge in [0.2, 0.25) is 0 Å². The number of carbonyl (C=O) groups is 1. The quantitative estimate of drug-likeness (QED) is 0.906. The van der Waals surface area contributed by atoms with E-state index in [9.17, 15) is 4.79 Å². The second kappa shape index (κ2) is 6.09. The van der Waals surface area contributed by atoms with Crippen LogP contribution in [0.5, 0.6) is 5.75 Å². The average molecular weight is 261 g/mol. The molecule has 1 aromatic rings. The van der Waals surface area contributed by atoms with Crippen molar-refractivity contribution in [3.05, 3.63) is 29.3 Å². The summed E-state index contributed by atoms with van der Waals surface area (Å²) in [7, 11) is 1.63. The van der Waals surface area contributed by atoms with Crippen molar-refractivity contribution in [3.63, 3.8) is 0 Å². The van der Waals surface area contributed by atoms with Gasteiger partial charge in [0.25, 0.3) is 5.91 Å². The SMILES string of the molecule is COc1cc(C(=O)N[C@@H]2CCCC[C@@H]2C)ccc1C. The minimum atomic E-state index is 0.0112. The highest BCUT2D eigenvalue weighted by Gasteiger charge is 2.23. The van der Waals surface area contributed by atoms with Crippen molar-refractivity contribution in [1.29, 1.82) is 0 Å². The molecular weight excluding hydrogens is 238 g/mol. The van der Waals surface area contributed by atoms with Gasteiger partial charge in [-0.05, 0) is 43.4 Å². The second-order valence-corrected chi connectivity index (χ2v) is 5.53. The van der Waals surface area contributed by atoms with Gasteiger partial charge in [0, 0.05) is 11.6 Å². The van der Waals surface area contributed by atoms with Gasteiger partial charge in [0.15, 0.2) is 0 Å². The minimum Gasteiger partial charge on any atom is -0.496 e. The summed E-state index contributed by atoms with van der Waals surface area (Å²) in [5, 5.41) is 3.16. The Kier molecular flexibility index (Phi) is 4.46. The monoisotopic (exact) mass is 261 g/mol. The molecule has 1 N–H and O–H groups in total. The maximum Gasteiger partial charge on any atom is 0.251 e. The van der Waals surface area contributed by atoms with Gasteiger partial charge in [0.05, 0.1) is 7.11 Å². The molecule has 0 aliphatic heterocycles. The number of ether oxygens (including phenoxy) is 1. The fourth-order valence-electron chi connectivity index (χ4n) is 2.74. The van der Waals surface area contributed by atoms with Crippen molar-refractivity contribution in [1.82, 2.24) is 5.32 Å². The van der Waals surface area contributed by atoms with Crippen molar-refractivity contribution < 1.29 is 9.53 Å². The van der Waals surface area contributed by atoms with Gasteiger partial charge in [-0.2, -0.15) is 0 Å². The van der Waals surface area contributed by atoms with Gasteiger partial charge in [-0.1, -0.05) is 25.8 Å². The van der Waals surface area contributed by atoms with Gasteiger partial charge >= 0.3 is 0 Å². The number of hydrogen-bond donors (Lipinski definition) is 1. The number of hydrogen-bond acceptors (Lipinski definition) is 2. The highest BCUT2D eigenvalue weighted by molar-refractivity contribution is 5.94. The van der Waals surface area contributed by atoms with Crippen LogP contribution in [0.4, 0.5) is 0 Å². The van der Waals surface area contributed by atoms with Gasteiger partial charge < -0.3 is 10.1 Å². The highest BCUT2D eigenvalue weighted by Crippen LogP contribution is 2.24. The summed E-state index contributed by atoms with van der Waals surface area (Å²) in [5.74, 6) is 1.35. The summed E-state index contributed by atoms with van der Waals surface area (Å²) in [6.07, 6.45) is 4.80. The molecule has 1 fully saturated rings. The maximum absolute atomic E-state index is 12.3. The van der Waals surface area contributed by atoms with Crippen LogP contribution in [0.2, 0.25) is 0 Å². The highest BCUT2D eigenvalue weighted by atomic mass is 16.5. The van der Waals surface area contributed by atoms with E-state index in [1.165, 1.54) is 19.3 Å². The van der Waals surface area contributed by atoms with E-state index < -0.39 is 0 Å². The molecule has 0 saturated heterocycles. The van der Waals surface area contributed by atoms with Crippen LogP contribution >= 0.6 is 0 Å². The molecule has 3 nitrogen and oxygen atoms in total. The molecule has 1 aliphatic carbocycles. The summed E-state index contributed by atoms with van der Waals surface area (Å²) in [6.45, 7) is 4.20. The standard InChI is InChI=1S/C16H23NO2/c1-11-6-4-5-7-14(11)17-16(18)13-9-8-12(2)15(10-13)19-3/h8-11,14H,4-7H2,1-3H3,(H,17,18)/t11-,14+/m0/s1. The van der Waals surface area contributed by atoms with Crippen LogP contribution < -0.4 is 10.1 Å². The molecule has 2 atom stereocenters. The second-order valence-electron chi connectivity index (χ2n) is 5.53. The normalized spacial score (nSPS) is 22.9. The Morgan fingerprint density at radius 3 is 2.74 bits per heavy atom. The molecule has 104 valence electrons. The Labute approximate surface area is 115 Å². The number of methoxy groups -OCH3 is 1. The van der Waals surface area contributed by atoms with E-state index >= 15 is 0 Å². The topological polar surface area (TPSA) is 38.3 Å². The van der Waals surface area contributed by atoms with Crippen molar-refractivity contribution >= 4 is 5.91 Å². The summed E-state index contributed by atoms with van der Waals surface area (Å²) in [5.41, 5.74) is 1.73. The third-order valence-corrected chi connectivity index (χ3v) is 4.10. The fourth-order valence-corrected chi connectivity index (χ4v) is 2.74. The first-order valence-corrected chi connectivity index (χ1v) is 7.07. The maximum atomic E-state index is 12.3. The lowest BCUT2D eigenvalue weighted by Gasteiger charge is -2.29. The van der Waals surface area contributed by atoms with Crippen LogP contribution in [0.25, 0.3) is 0 Å². The first-order valence-electron chi connectivity index (χ1n) is 7.07.